The fourth-order valence-corrected chi connectivity index (χ4v) is 1.63. The third-order valence-corrected chi connectivity index (χ3v) is 2.50. The number of amides is 1. The van der Waals surface area contributed by atoms with Gasteiger partial charge in [0.25, 0.3) is 5.91 Å². The summed E-state index contributed by atoms with van der Waals surface area (Å²) in [7, 11) is 0. The molecule has 1 aromatic carbocycles. The maximum Gasteiger partial charge on any atom is 0.258 e. The van der Waals surface area contributed by atoms with Crippen molar-refractivity contribution < 1.29 is 9.53 Å². The second-order valence-corrected chi connectivity index (χ2v) is 4.83. The summed E-state index contributed by atoms with van der Waals surface area (Å²) in [6, 6.07) is 7.96. The highest BCUT2D eigenvalue weighted by Gasteiger charge is 2.04. The van der Waals surface area contributed by atoms with Gasteiger partial charge in [-0.25, -0.2) is 0 Å². The molecule has 0 aliphatic heterocycles. The van der Waals surface area contributed by atoms with Gasteiger partial charge in [-0.1, -0.05) is 19.1 Å². The molecular formula is C15H24N2O2. The molecule has 0 saturated heterocycles. The van der Waals surface area contributed by atoms with Gasteiger partial charge in [0, 0.05) is 12.6 Å². The molecule has 1 amide bonds. The van der Waals surface area contributed by atoms with Gasteiger partial charge in [0.1, 0.15) is 5.75 Å². The van der Waals surface area contributed by atoms with E-state index in [0.29, 0.717) is 0 Å². The molecule has 0 atom stereocenters. The summed E-state index contributed by atoms with van der Waals surface area (Å²) in [5.41, 5.74) is 1.22. The zero-order chi connectivity index (χ0) is 14.1. The van der Waals surface area contributed by atoms with Crippen molar-refractivity contribution in [2.24, 2.45) is 0 Å². The van der Waals surface area contributed by atoms with E-state index in [-0.39, 0.29) is 18.6 Å². The molecule has 0 aliphatic carbocycles. The number of carbonyl (C=O) groups is 1. The Morgan fingerprint density at radius 2 is 1.95 bits per heavy atom. The van der Waals surface area contributed by atoms with Crippen LogP contribution in [0.1, 0.15) is 32.8 Å². The Morgan fingerprint density at radius 3 is 2.53 bits per heavy atom. The van der Waals surface area contributed by atoms with Crippen LogP contribution in [0, 0.1) is 0 Å². The topological polar surface area (TPSA) is 50.4 Å². The normalized spacial score (nSPS) is 10.5. The molecular weight excluding hydrogens is 240 g/mol. The number of hydrogen-bond acceptors (Lipinski definition) is 3. The summed E-state index contributed by atoms with van der Waals surface area (Å²) in [5.74, 6) is 0.627. The minimum Gasteiger partial charge on any atom is -0.484 e. The molecule has 0 saturated carbocycles. The van der Waals surface area contributed by atoms with Crippen molar-refractivity contribution in [2.75, 3.05) is 13.2 Å². The molecule has 0 fully saturated rings. The second kappa shape index (κ2) is 8.53. The quantitative estimate of drug-likeness (QED) is 0.707. The van der Waals surface area contributed by atoms with E-state index in [0.717, 1.165) is 25.3 Å². The third kappa shape index (κ3) is 6.82. The van der Waals surface area contributed by atoms with Crippen LogP contribution in [-0.2, 0) is 11.3 Å². The van der Waals surface area contributed by atoms with Crippen molar-refractivity contribution in [2.45, 2.75) is 39.8 Å². The maximum atomic E-state index is 11.4. The summed E-state index contributed by atoms with van der Waals surface area (Å²) in [6.07, 6.45) is 1.13. The molecule has 106 valence electrons. The third-order valence-electron chi connectivity index (χ3n) is 2.50. The fraction of sp³-hybridized carbons (Fsp3) is 0.533. The van der Waals surface area contributed by atoms with Crippen LogP contribution in [0.2, 0.25) is 0 Å². The minimum atomic E-state index is -0.0938. The Balaban J connectivity index is 2.33. The lowest BCUT2D eigenvalue weighted by Gasteiger charge is -2.10. The van der Waals surface area contributed by atoms with E-state index in [9.17, 15) is 4.79 Å². The molecule has 0 radical (unpaired) electrons. The van der Waals surface area contributed by atoms with Crippen LogP contribution in [0.25, 0.3) is 0 Å². The molecule has 4 nitrogen and oxygen atoms in total. The SMILES string of the molecule is CCCNCc1ccc(OCC(=O)NC(C)C)cc1. The summed E-state index contributed by atoms with van der Waals surface area (Å²) in [6.45, 7) is 7.94. The predicted molar refractivity (Wildman–Crippen MR) is 77.2 cm³/mol. The number of ether oxygens (including phenoxy) is 1. The van der Waals surface area contributed by atoms with Gasteiger partial charge in [0.15, 0.2) is 6.61 Å². The number of hydrogen-bond donors (Lipinski definition) is 2. The molecule has 0 aliphatic rings. The van der Waals surface area contributed by atoms with Crippen LogP contribution in [0.4, 0.5) is 0 Å². The van der Waals surface area contributed by atoms with Crippen molar-refractivity contribution >= 4 is 5.91 Å². The zero-order valence-corrected chi connectivity index (χ0v) is 12.0. The Kier molecular flexibility index (Phi) is 6.97. The van der Waals surface area contributed by atoms with Crippen LogP contribution in [-0.4, -0.2) is 25.1 Å². The largest absolute Gasteiger partial charge is 0.484 e. The Bertz CT molecular complexity index is 374. The molecule has 0 spiro atoms. The molecule has 0 unspecified atom stereocenters. The second-order valence-electron chi connectivity index (χ2n) is 4.83. The summed E-state index contributed by atoms with van der Waals surface area (Å²) < 4.78 is 5.42. The standard InChI is InChI=1S/C15H24N2O2/c1-4-9-16-10-13-5-7-14(8-6-13)19-11-15(18)17-12(2)3/h5-8,12,16H,4,9-11H2,1-3H3,(H,17,18). The zero-order valence-electron chi connectivity index (χ0n) is 12.0. The molecule has 19 heavy (non-hydrogen) atoms. The predicted octanol–water partition coefficient (Wildman–Crippen LogP) is 2.09. The van der Waals surface area contributed by atoms with Gasteiger partial charge in [0.05, 0.1) is 0 Å². The van der Waals surface area contributed by atoms with Crippen molar-refractivity contribution in [1.82, 2.24) is 10.6 Å². The molecule has 1 rings (SSSR count). The van der Waals surface area contributed by atoms with E-state index in [1.807, 2.05) is 38.1 Å². The Morgan fingerprint density at radius 1 is 1.26 bits per heavy atom. The van der Waals surface area contributed by atoms with Gasteiger partial charge in [-0.2, -0.15) is 0 Å². The molecule has 1 aromatic rings. The van der Waals surface area contributed by atoms with E-state index < -0.39 is 0 Å². The lowest BCUT2D eigenvalue weighted by Crippen LogP contribution is -2.34. The first kappa shape index (κ1) is 15.5. The van der Waals surface area contributed by atoms with Gasteiger partial charge in [0.2, 0.25) is 0 Å². The average Bonchev–Trinajstić information content (AvgIpc) is 2.37. The monoisotopic (exact) mass is 264 g/mol. The number of carbonyl (C=O) groups excluding carboxylic acids is 1. The smallest absolute Gasteiger partial charge is 0.258 e. The number of nitrogens with one attached hydrogen (secondary N) is 2. The molecule has 0 bridgehead atoms. The Hall–Kier alpha value is -1.55. The van der Waals surface area contributed by atoms with Crippen LogP contribution >= 0.6 is 0 Å². The van der Waals surface area contributed by atoms with Crippen LogP contribution in [0.15, 0.2) is 24.3 Å². The molecule has 4 heteroatoms. The van der Waals surface area contributed by atoms with Crippen molar-refractivity contribution in [3.8, 4) is 5.75 Å². The lowest BCUT2D eigenvalue weighted by atomic mass is 10.2. The van der Waals surface area contributed by atoms with Crippen molar-refractivity contribution in [3.63, 3.8) is 0 Å². The first-order valence-electron chi connectivity index (χ1n) is 6.83. The van der Waals surface area contributed by atoms with E-state index in [4.69, 9.17) is 4.74 Å². The highest BCUT2D eigenvalue weighted by atomic mass is 16.5. The molecule has 0 heterocycles. The van der Waals surface area contributed by atoms with Crippen molar-refractivity contribution in [3.05, 3.63) is 29.8 Å². The molecule has 2 N–H and O–H groups in total. The molecule has 0 aromatic heterocycles. The van der Waals surface area contributed by atoms with Crippen LogP contribution < -0.4 is 15.4 Å². The lowest BCUT2D eigenvalue weighted by molar-refractivity contribution is -0.123. The Labute approximate surface area is 115 Å². The van der Waals surface area contributed by atoms with E-state index in [2.05, 4.69) is 17.6 Å². The van der Waals surface area contributed by atoms with E-state index in [1.54, 1.807) is 0 Å². The number of benzene rings is 1. The van der Waals surface area contributed by atoms with Crippen LogP contribution in [0.5, 0.6) is 5.75 Å². The summed E-state index contributed by atoms with van der Waals surface area (Å²) >= 11 is 0. The van der Waals surface area contributed by atoms with E-state index in [1.165, 1.54) is 5.56 Å². The first-order chi connectivity index (χ1) is 9.11. The van der Waals surface area contributed by atoms with Gasteiger partial charge >= 0.3 is 0 Å². The minimum absolute atomic E-state index is 0.0611. The number of rotatable bonds is 8. The van der Waals surface area contributed by atoms with Gasteiger partial charge in [-0.3, -0.25) is 4.79 Å². The van der Waals surface area contributed by atoms with Gasteiger partial charge in [-0.15, -0.1) is 0 Å². The highest BCUT2D eigenvalue weighted by molar-refractivity contribution is 5.77. The van der Waals surface area contributed by atoms with Crippen LogP contribution in [0.3, 0.4) is 0 Å². The van der Waals surface area contributed by atoms with E-state index >= 15 is 0 Å². The van der Waals surface area contributed by atoms with Gasteiger partial charge < -0.3 is 15.4 Å². The summed E-state index contributed by atoms with van der Waals surface area (Å²) in [4.78, 5) is 11.4. The van der Waals surface area contributed by atoms with Crippen molar-refractivity contribution in [1.29, 1.82) is 0 Å². The van der Waals surface area contributed by atoms with Gasteiger partial charge in [-0.05, 0) is 44.5 Å². The summed E-state index contributed by atoms with van der Waals surface area (Å²) in [5, 5.41) is 6.12. The average molecular weight is 264 g/mol. The fourth-order valence-electron chi connectivity index (χ4n) is 1.63. The highest BCUT2D eigenvalue weighted by Crippen LogP contribution is 2.11. The first-order valence-corrected chi connectivity index (χ1v) is 6.83. The maximum absolute atomic E-state index is 11.4.